The number of aromatic amines is 1. The molecule has 25 heavy (non-hydrogen) atoms. The molecule has 0 saturated carbocycles. The Labute approximate surface area is 151 Å². The van der Waals surface area contributed by atoms with Crippen LogP contribution in [0.5, 0.6) is 5.75 Å². The maximum absolute atomic E-state index is 12.6. The van der Waals surface area contributed by atoms with E-state index in [4.69, 9.17) is 9.84 Å². The van der Waals surface area contributed by atoms with E-state index in [0.717, 1.165) is 21.8 Å². The highest BCUT2D eigenvalue weighted by atomic mass is 32.2. The molecule has 130 valence electrons. The third kappa shape index (κ3) is 3.69. The maximum Gasteiger partial charge on any atom is 0.304 e. The highest BCUT2D eigenvalue weighted by Gasteiger charge is 2.17. The van der Waals surface area contributed by atoms with Crippen LogP contribution in [0, 0.1) is 6.92 Å². The number of rotatable bonds is 6. The van der Waals surface area contributed by atoms with Crippen LogP contribution in [0.3, 0.4) is 0 Å². The van der Waals surface area contributed by atoms with Crippen LogP contribution in [0.1, 0.15) is 11.3 Å². The Kier molecular flexibility index (Phi) is 5.10. The number of hydrogen-bond acceptors (Lipinski definition) is 6. The molecule has 0 unspecified atom stereocenters. The van der Waals surface area contributed by atoms with Crippen LogP contribution in [0.2, 0.25) is 0 Å². The average Bonchev–Trinajstić information content (AvgIpc) is 2.91. The second kappa shape index (κ2) is 7.28. The van der Waals surface area contributed by atoms with E-state index >= 15 is 0 Å². The van der Waals surface area contributed by atoms with E-state index in [1.807, 2.05) is 31.2 Å². The van der Waals surface area contributed by atoms with E-state index in [1.165, 1.54) is 23.1 Å². The number of thioether (sulfide) groups is 1. The molecule has 2 aromatic heterocycles. The van der Waals surface area contributed by atoms with Crippen molar-refractivity contribution in [3.8, 4) is 16.9 Å². The average molecular weight is 376 g/mol. The molecule has 6 nitrogen and oxygen atoms in total. The van der Waals surface area contributed by atoms with Crippen LogP contribution in [-0.4, -0.2) is 33.9 Å². The molecule has 0 aliphatic carbocycles. The number of aryl methyl sites for hydroxylation is 1. The molecule has 1 aromatic carbocycles. The molecule has 0 aliphatic rings. The fraction of sp³-hybridized carbons (Fsp3) is 0.235. The first-order valence-corrected chi connectivity index (χ1v) is 9.32. The minimum absolute atomic E-state index is 0.0188. The van der Waals surface area contributed by atoms with Gasteiger partial charge in [0.1, 0.15) is 10.6 Å². The minimum Gasteiger partial charge on any atom is -0.497 e. The number of benzene rings is 1. The zero-order valence-corrected chi connectivity index (χ0v) is 15.3. The number of hydrogen-bond donors (Lipinski definition) is 2. The number of nitrogens with one attached hydrogen (secondary N) is 1. The first-order chi connectivity index (χ1) is 12.0. The van der Waals surface area contributed by atoms with Crippen LogP contribution >= 0.6 is 23.1 Å². The first kappa shape index (κ1) is 17.5. The summed E-state index contributed by atoms with van der Waals surface area (Å²) < 4.78 is 5.27. The van der Waals surface area contributed by atoms with Gasteiger partial charge in [0.05, 0.1) is 18.9 Å². The summed E-state index contributed by atoms with van der Waals surface area (Å²) >= 11 is 2.69. The van der Waals surface area contributed by atoms with Crippen molar-refractivity contribution in [3.05, 3.63) is 39.5 Å². The summed E-state index contributed by atoms with van der Waals surface area (Å²) in [6.07, 6.45) is 0.0188. The summed E-state index contributed by atoms with van der Waals surface area (Å²) in [6.45, 7) is 1.96. The Morgan fingerprint density at radius 3 is 2.96 bits per heavy atom. The fourth-order valence-corrected chi connectivity index (χ4v) is 4.42. The van der Waals surface area contributed by atoms with Gasteiger partial charge in [-0.15, -0.1) is 11.3 Å². The third-order valence-corrected chi connectivity index (χ3v) is 5.50. The van der Waals surface area contributed by atoms with Gasteiger partial charge in [0.2, 0.25) is 0 Å². The summed E-state index contributed by atoms with van der Waals surface area (Å²) in [5, 5.41) is 9.71. The Hall–Kier alpha value is -2.32. The number of aliphatic carboxylic acids is 1. The number of carboxylic acids is 1. The van der Waals surface area contributed by atoms with Crippen LogP contribution in [0.4, 0.5) is 0 Å². The molecule has 0 bridgehead atoms. The van der Waals surface area contributed by atoms with Gasteiger partial charge in [-0.3, -0.25) is 9.59 Å². The van der Waals surface area contributed by atoms with Crippen molar-refractivity contribution in [1.82, 2.24) is 9.97 Å². The predicted octanol–water partition coefficient (Wildman–Crippen LogP) is 3.54. The molecule has 2 heterocycles. The predicted molar refractivity (Wildman–Crippen MR) is 99.9 cm³/mol. The van der Waals surface area contributed by atoms with E-state index in [0.29, 0.717) is 21.1 Å². The smallest absolute Gasteiger partial charge is 0.304 e. The second-order valence-corrected chi connectivity index (χ2v) is 7.60. The molecular weight excluding hydrogens is 360 g/mol. The van der Waals surface area contributed by atoms with E-state index in [9.17, 15) is 9.59 Å². The molecule has 3 rings (SSSR count). The second-order valence-electron chi connectivity index (χ2n) is 5.31. The fourth-order valence-electron chi connectivity index (χ4n) is 2.53. The van der Waals surface area contributed by atoms with E-state index in [-0.39, 0.29) is 12.0 Å². The van der Waals surface area contributed by atoms with Crippen molar-refractivity contribution >= 4 is 39.3 Å². The molecule has 8 heteroatoms. The highest BCUT2D eigenvalue weighted by molar-refractivity contribution is 7.99. The Morgan fingerprint density at radius 2 is 2.24 bits per heavy atom. The largest absolute Gasteiger partial charge is 0.497 e. The van der Waals surface area contributed by atoms with Gasteiger partial charge in [-0.25, -0.2) is 4.98 Å². The number of fused-ring (bicyclic) bond motifs is 1. The normalized spacial score (nSPS) is 11.0. The Balaban J connectivity index is 2.05. The van der Waals surface area contributed by atoms with Crippen molar-refractivity contribution < 1.29 is 14.6 Å². The quantitative estimate of drug-likeness (QED) is 0.505. The maximum atomic E-state index is 12.6. The van der Waals surface area contributed by atoms with Crippen molar-refractivity contribution in [3.63, 3.8) is 0 Å². The number of H-pyrrole nitrogens is 1. The third-order valence-electron chi connectivity index (χ3n) is 3.63. The van der Waals surface area contributed by atoms with Crippen LogP contribution in [-0.2, 0) is 4.79 Å². The molecule has 0 fully saturated rings. The number of methoxy groups -OCH3 is 1. The summed E-state index contributed by atoms with van der Waals surface area (Å²) in [7, 11) is 1.60. The van der Waals surface area contributed by atoms with E-state index < -0.39 is 5.97 Å². The monoisotopic (exact) mass is 376 g/mol. The number of ether oxygens (including phenoxy) is 1. The summed E-state index contributed by atoms with van der Waals surface area (Å²) in [5.41, 5.74) is 1.54. The van der Waals surface area contributed by atoms with Crippen molar-refractivity contribution in [2.24, 2.45) is 0 Å². The zero-order chi connectivity index (χ0) is 18.0. The molecule has 0 aliphatic heterocycles. The highest BCUT2D eigenvalue weighted by Crippen LogP contribution is 2.37. The molecule has 0 radical (unpaired) electrons. The lowest BCUT2D eigenvalue weighted by Gasteiger charge is -2.05. The van der Waals surface area contributed by atoms with Crippen LogP contribution in [0.15, 0.2) is 34.2 Å². The van der Waals surface area contributed by atoms with E-state index in [2.05, 4.69) is 9.97 Å². The summed E-state index contributed by atoms with van der Waals surface area (Å²) in [4.78, 5) is 32.1. The lowest BCUT2D eigenvalue weighted by molar-refractivity contribution is -0.136. The molecule has 0 atom stereocenters. The first-order valence-electron chi connectivity index (χ1n) is 7.52. The Bertz CT molecular complexity index is 994. The number of carboxylic acid groups (broad SMARTS) is 1. The lowest BCUT2D eigenvalue weighted by Crippen LogP contribution is -2.09. The van der Waals surface area contributed by atoms with Gasteiger partial charge in [0.15, 0.2) is 5.16 Å². The number of aromatic nitrogens is 2. The Morgan fingerprint density at radius 1 is 1.44 bits per heavy atom. The number of thiophene rings is 1. The SMILES string of the molecule is COc1cccc(-c2c(C)sc3nc(SCCC(=O)O)[nH]c(=O)c23)c1. The molecule has 0 spiro atoms. The van der Waals surface area contributed by atoms with Crippen LogP contribution < -0.4 is 10.3 Å². The minimum atomic E-state index is -0.872. The molecule has 0 saturated heterocycles. The van der Waals surface area contributed by atoms with E-state index in [1.54, 1.807) is 7.11 Å². The molecule has 0 amide bonds. The van der Waals surface area contributed by atoms with Gasteiger partial charge in [-0.2, -0.15) is 0 Å². The summed E-state index contributed by atoms with van der Waals surface area (Å²) in [6, 6.07) is 7.57. The lowest BCUT2D eigenvalue weighted by atomic mass is 10.0. The molecular formula is C17H16N2O4S2. The zero-order valence-electron chi connectivity index (χ0n) is 13.7. The van der Waals surface area contributed by atoms with Gasteiger partial charge < -0.3 is 14.8 Å². The molecule has 3 aromatic rings. The standard InChI is InChI=1S/C17H16N2O4S2/c1-9-13(10-4-3-5-11(8-10)23-2)14-15(22)18-17(19-16(14)25-9)24-7-6-12(20)21/h3-5,8H,6-7H2,1-2H3,(H,20,21)(H,18,19,22). The van der Waals surface area contributed by atoms with Crippen molar-refractivity contribution in [2.75, 3.05) is 12.9 Å². The van der Waals surface area contributed by atoms with Gasteiger partial charge in [0.25, 0.3) is 5.56 Å². The van der Waals surface area contributed by atoms with Crippen molar-refractivity contribution in [1.29, 1.82) is 0 Å². The topological polar surface area (TPSA) is 92.3 Å². The van der Waals surface area contributed by atoms with Crippen molar-refractivity contribution in [2.45, 2.75) is 18.5 Å². The van der Waals surface area contributed by atoms with Gasteiger partial charge in [-0.05, 0) is 24.6 Å². The van der Waals surface area contributed by atoms with Gasteiger partial charge in [0, 0.05) is 16.2 Å². The number of nitrogens with zero attached hydrogens (tertiary/aromatic N) is 1. The van der Waals surface area contributed by atoms with Crippen LogP contribution in [0.25, 0.3) is 21.3 Å². The molecule has 2 N–H and O–H groups in total. The summed E-state index contributed by atoms with van der Waals surface area (Å²) in [5.74, 6) is 0.210. The van der Waals surface area contributed by atoms with Gasteiger partial charge in [-0.1, -0.05) is 23.9 Å². The van der Waals surface area contributed by atoms with Gasteiger partial charge >= 0.3 is 5.97 Å². The number of carbonyl (C=O) groups is 1.